The quantitative estimate of drug-likeness (QED) is 0.845. The minimum Gasteiger partial charge on any atom is -0.493 e. The lowest BCUT2D eigenvalue weighted by atomic mass is 10.00. The van der Waals surface area contributed by atoms with Crippen molar-refractivity contribution in [1.29, 1.82) is 0 Å². The lowest BCUT2D eigenvalue weighted by Crippen LogP contribution is -2.52. The number of piperidine rings is 1. The largest absolute Gasteiger partial charge is 0.493 e. The van der Waals surface area contributed by atoms with Crippen molar-refractivity contribution in [2.24, 2.45) is 0 Å². The molecule has 1 aliphatic heterocycles. The Morgan fingerprint density at radius 1 is 1.43 bits per heavy atom. The summed E-state index contributed by atoms with van der Waals surface area (Å²) < 4.78 is 10.9. The van der Waals surface area contributed by atoms with Crippen LogP contribution < -0.4 is 20.1 Å². The van der Waals surface area contributed by atoms with Crippen molar-refractivity contribution in [1.82, 2.24) is 10.6 Å². The number of nitrogens with one attached hydrogen (secondary N) is 2. The Morgan fingerprint density at radius 3 is 2.96 bits per heavy atom. The van der Waals surface area contributed by atoms with Crippen LogP contribution in [0, 0.1) is 0 Å². The van der Waals surface area contributed by atoms with Crippen LogP contribution in [0.1, 0.15) is 32.3 Å². The molecule has 1 aliphatic rings. The van der Waals surface area contributed by atoms with Crippen molar-refractivity contribution in [3.05, 3.63) is 29.8 Å². The molecule has 0 aromatic heterocycles. The Hall–Kier alpha value is -2.01. The predicted molar refractivity (Wildman–Crippen MR) is 91.8 cm³/mol. The molecule has 1 aromatic carbocycles. The molecule has 1 heterocycles. The highest BCUT2D eigenvalue weighted by Crippen LogP contribution is 2.28. The topological polar surface area (TPSA) is 59.6 Å². The van der Waals surface area contributed by atoms with Gasteiger partial charge in [-0.25, -0.2) is 0 Å². The minimum absolute atomic E-state index is 0.0114. The summed E-state index contributed by atoms with van der Waals surface area (Å²) in [4.78, 5) is 12.1. The van der Waals surface area contributed by atoms with E-state index in [1.807, 2.05) is 37.3 Å². The van der Waals surface area contributed by atoms with E-state index in [9.17, 15) is 4.79 Å². The van der Waals surface area contributed by atoms with Crippen molar-refractivity contribution in [2.75, 3.05) is 20.3 Å². The molecular weight excluding hydrogens is 292 g/mol. The van der Waals surface area contributed by atoms with Gasteiger partial charge in [-0.3, -0.25) is 4.79 Å². The van der Waals surface area contributed by atoms with Crippen molar-refractivity contribution in [3.8, 4) is 11.5 Å². The minimum atomic E-state index is -0.106. The highest BCUT2D eigenvalue weighted by atomic mass is 16.5. The van der Waals surface area contributed by atoms with Crippen molar-refractivity contribution in [2.45, 2.75) is 38.8 Å². The second kappa shape index (κ2) is 8.58. The van der Waals surface area contributed by atoms with Gasteiger partial charge in [-0.15, -0.1) is 0 Å². The fraction of sp³-hybridized carbons (Fsp3) is 0.500. The Bertz CT molecular complexity index is 557. The summed E-state index contributed by atoms with van der Waals surface area (Å²) >= 11 is 0. The fourth-order valence-corrected chi connectivity index (χ4v) is 2.73. The van der Waals surface area contributed by atoms with Gasteiger partial charge in [0.25, 0.3) is 5.91 Å². The molecule has 5 nitrogen and oxygen atoms in total. The van der Waals surface area contributed by atoms with Gasteiger partial charge in [-0.05, 0) is 50.9 Å². The van der Waals surface area contributed by atoms with Crippen LogP contribution in [0.3, 0.4) is 0 Å². The van der Waals surface area contributed by atoms with Gasteiger partial charge in [0.1, 0.15) is 0 Å². The van der Waals surface area contributed by atoms with Gasteiger partial charge in [0, 0.05) is 12.1 Å². The summed E-state index contributed by atoms with van der Waals surface area (Å²) in [5, 5.41) is 6.40. The molecule has 1 amide bonds. The van der Waals surface area contributed by atoms with Gasteiger partial charge in [-0.1, -0.05) is 18.2 Å². The Morgan fingerprint density at radius 2 is 2.26 bits per heavy atom. The first-order chi connectivity index (χ1) is 11.1. The van der Waals surface area contributed by atoms with E-state index in [0.29, 0.717) is 17.5 Å². The molecule has 0 aliphatic carbocycles. The molecule has 2 rings (SSSR count). The zero-order valence-corrected chi connectivity index (χ0v) is 14.1. The fourth-order valence-electron chi connectivity index (χ4n) is 2.73. The first-order valence-electron chi connectivity index (χ1n) is 8.10. The third-order valence-electron chi connectivity index (χ3n) is 4.01. The van der Waals surface area contributed by atoms with Crippen molar-refractivity contribution in [3.63, 3.8) is 0 Å². The molecule has 23 heavy (non-hydrogen) atoms. The van der Waals surface area contributed by atoms with Crippen LogP contribution in [0.5, 0.6) is 11.5 Å². The Labute approximate surface area is 138 Å². The molecule has 1 aromatic rings. The molecule has 126 valence electrons. The van der Waals surface area contributed by atoms with E-state index in [0.717, 1.165) is 24.9 Å². The summed E-state index contributed by atoms with van der Waals surface area (Å²) in [5.74, 6) is 1.09. The maximum atomic E-state index is 12.1. The summed E-state index contributed by atoms with van der Waals surface area (Å²) in [6.07, 6.45) is 6.02. The van der Waals surface area contributed by atoms with Gasteiger partial charge in [0.05, 0.1) is 7.11 Å². The number of amides is 1. The third kappa shape index (κ3) is 4.99. The van der Waals surface area contributed by atoms with E-state index in [2.05, 4.69) is 17.6 Å². The van der Waals surface area contributed by atoms with Crippen LogP contribution >= 0.6 is 0 Å². The summed E-state index contributed by atoms with van der Waals surface area (Å²) in [6, 6.07) is 6.11. The molecule has 0 radical (unpaired) electrons. The number of allylic oxidation sites excluding steroid dienone is 1. The van der Waals surface area contributed by atoms with E-state index in [4.69, 9.17) is 9.47 Å². The Balaban J connectivity index is 1.90. The number of carbonyl (C=O) groups is 1. The van der Waals surface area contributed by atoms with E-state index < -0.39 is 0 Å². The van der Waals surface area contributed by atoms with Gasteiger partial charge >= 0.3 is 0 Å². The monoisotopic (exact) mass is 318 g/mol. The average molecular weight is 318 g/mol. The molecule has 0 saturated carbocycles. The average Bonchev–Trinajstić information content (AvgIpc) is 2.56. The van der Waals surface area contributed by atoms with Gasteiger partial charge < -0.3 is 20.1 Å². The molecule has 0 spiro atoms. The Kier molecular flexibility index (Phi) is 6.47. The second-order valence-electron chi connectivity index (χ2n) is 5.76. The van der Waals surface area contributed by atoms with Crippen LogP contribution in [0.4, 0.5) is 0 Å². The first kappa shape index (κ1) is 17.3. The molecule has 2 atom stereocenters. The lowest BCUT2D eigenvalue weighted by molar-refractivity contribution is -0.124. The van der Waals surface area contributed by atoms with Gasteiger partial charge in [0.15, 0.2) is 18.1 Å². The molecule has 0 bridgehead atoms. The highest BCUT2D eigenvalue weighted by Gasteiger charge is 2.22. The van der Waals surface area contributed by atoms with Crippen LogP contribution in [0.15, 0.2) is 24.3 Å². The molecule has 1 saturated heterocycles. The maximum absolute atomic E-state index is 12.1. The standard InChI is InChI=1S/C18H26N2O3/c1-4-6-14-8-9-16(17(11-14)22-3)23-12-18(21)20-15-7-5-10-19-13(15)2/h4,6,8-9,11,13,15,19H,5,7,10,12H2,1-3H3,(H,20,21)/b6-4+. The predicted octanol–water partition coefficient (Wildman–Crippen LogP) is 2.36. The number of hydrogen-bond acceptors (Lipinski definition) is 4. The second-order valence-corrected chi connectivity index (χ2v) is 5.76. The van der Waals surface area contributed by atoms with E-state index >= 15 is 0 Å². The van der Waals surface area contributed by atoms with E-state index in [-0.39, 0.29) is 18.6 Å². The van der Waals surface area contributed by atoms with Crippen LogP contribution in [-0.2, 0) is 4.79 Å². The van der Waals surface area contributed by atoms with Gasteiger partial charge in [-0.2, -0.15) is 0 Å². The molecule has 2 unspecified atom stereocenters. The smallest absolute Gasteiger partial charge is 0.258 e. The number of methoxy groups -OCH3 is 1. The number of benzene rings is 1. The zero-order valence-electron chi connectivity index (χ0n) is 14.1. The number of hydrogen-bond donors (Lipinski definition) is 2. The lowest BCUT2D eigenvalue weighted by Gasteiger charge is -2.30. The maximum Gasteiger partial charge on any atom is 0.258 e. The van der Waals surface area contributed by atoms with E-state index in [1.54, 1.807) is 7.11 Å². The molecule has 2 N–H and O–H groups in total. The van der Waals surface area contributed by atoms with Crippen molar-refractivity contribution < 1.29 is 14.3 Å². The van der Waals surface area contributed by atoms with Crippen LogP contribution in [0.25, 0.3) is 6.08 Å². The first-order valence-corrected chi connectivity index (χ1v) is 8.10. The molecule has 1 fully saturated rings. The van der Waals surface area contributed by atoms with Gasteiger partial charge in [0.2, 0.25) is 0 Å². The molecular formula is C18H26N2O3. The number of carbonyl (C=O) groups excluding carboxylic acids is 1. The summed E-state index contributed by atoms with van der Waals surface area (Å²) in [6.45, 7) is 5.05. The summed E-state index contributed by atoms with van der Waals surface area (Å²) in [5.41, 5.74) is 1.03. The third-order valence-corrected chi connectivity index (χ3v) is 4.01. The summed E-state index contributed by atoms with van der Waals surface area (Å²) in [7, 11) is 1.59. The number of rotatable bonds is 6. The van der Waals surface area contributed by atoms with E-state index in [1.165, 1.54) is 0 Å². The normalized spacial score (nSPS) is 21.2. The molecule has 5 heteroatoms. The van der Waals surface area contributed by atoms with Crippen LogP contribution in [-0.4, -0.2) is 38.3 Å². The highest BCUT2D eigenvalue weighted by molar-refractivity contribution is 5.78. The number of ether oxygens (including phenoxy) is 2. The van der Waals surface area contributed by atoms with Crippen molar-refractivity contribution >= 4 is 12.0 Å². The zero-order chi connectivity index (χ0) is 16.7. The van der Waals surface area contributed by atoms with Crippen LogP contribution in [0.2, 0.25) is 0 Å². The SMILES string of the molecule is C/C=C/c1ccc(OCC(=O)NC2CCCNC2C)c(OC)c1.